The van der Waals surface area contributed by atoms with Crippen LogP contribution in [0.4, 0.5) is 0 Å². The van der Waals surface area contributed by atoms with Gasteiger partial charge >= 0.3 is 0 Å². The highest BCUT2D eigenvalue weighted by atomic mass is 35.5. The molecule has 0 saturated heterocycles. The molecule has 1 aromatic heterocycles. The molecular weight excluding hydrogens is 328 g/mol. The fourth-order valence-corrected chi connectivity index (χ4v) is 2.56. The molecule has 0 fully saturated rings. The lowest BCUT2D eigenvalue weighted by Gasteiger charge is -2.08. The predicted molar refractivity (Wildman–Crippen MR) is 96.7 cm³/mol. The van der Waals surface area contributed by atoms with Crippen LogP contribution >= 0.6 is 12.4 Å². The molecule has 6 nitrogen and oxygen atoms in total. The number of carbonyl (C=O) groups excluding carboxylic acids is 1. The summed E-state index contributed by atoms with van der Waals surface area (Å²) in [5, 5.41) is 10.6. The molecule has 0 spiro atoms. The van der Waals surface area contributed by atoms with Gasteiger partial charge in [-0.3, -0.25) is 4.79 Å². The number of methoxy groups -OCH3 is 1. The van der Waals surface area contributed by atoms with Gasteiger partial charge in [0, 0.05) is 32.2 Å². The molecule has 2 rings (SSSR count). The van der Waals surface area contributed by atoms with Crippen LogP contribution in [0.5, 0.6) is 5.88 Å². The fourth-order valence-electron chi connectivity index (χ4n) is 2.56. The Bertz CT molecular complexity index is 685. The summed E-state index contributed by atoms with van der Waals surface area (Å²) in [6.45, 7) is 5.84. The Balaban J connectivity index is 0.00000288. The molecule has 24 heavy (non-hydrogen) atoms. The number of ether oxygens (including phenoxy) is 1. The van der Waals surface area contributed by atoms with Crippen LogP contribution in [0, 0.1) is 6.92 Å². The zero-order valence-electron chi connectivity index (χ0n) is 14.5. The van der Waals surface area contributed by atoms with Crippen LogP contribution in [0.25, 0.3) is 0 Å². The molecule has 0 saturated carbocycles. The van der Waals surface area contributed by atoms with E-state index in [1.54, 1.807) is 11.8 Å². The van der Waals surface area contributed by atoms with E-state index in [1.165, 1.54) is 0 Å². The molecule has 1 amide bonds. The van der Waals surface area contributed by atoms with Crippen molar-refractivity contribution in [2.75, 3.05) is 13.7 Å². The lowest BCUT2D eigenvalue weighted by Crippen LogP contribution is -2.23. The number of benzene rings is 1. The molecule has 7 heteroatoms. The van der Waals surface area contributed by atoms with Crippen LogP contribution in [0.2, 0.25) is 0 Å². The number of aryl methyl sites for hydroxylation is 2. The first-order valence-electron chi connectivity index (χ1n) is 7.71. The van der Waals surface area contributed by atoms with Gasteiger partial charge in [0.05, 0.1) is 18.4 Å². The maximum atomic E-state index is 11.9. The number of aromatic nitrogens is 2. The molecule has 0 radical (unpaired) electrons. The molecule has 132 valence electrons. The van der Waals surface area contributed by atoms with Crippen LogP contribution in [-0.2, 0) is 20.1 Å². The van der Waals surface area contributed by atoms with Gasteiger partial charge in [-0.05, 0) is 31.5 Å². The van der Waals surface area contributed by atoms with E-state index in [2.05, 4.69) is 15.7 Å². The molecule has 2 N–H and O–H groups in total. The van der Waals surface area contributed by atoms with E-state index in [9.17, 15) is 4.79 Å². The number of halogens is 1. The van der Waals surface area contributed by atoms with E-state index in [4.69, 9.17) is 4.74 Å². The number of nitrogens with zero attached hydrogens (tertiary/aromatic N) is 2. The normalized spacial score (nSPS) is 10.2. The summed E-state index contributed by atoms with van der Waals surface area (Å²) in [4.78, 5) is 11.9. The molecule has 0 bridgehead atoms. The van der Waals surface area contributed by atoms with Gasteiger partial charge in [-0.1, -0.05) is 12.1 Å². The smallest absolute Gasteiger partial charge is 0.251 e. The Hall–Kier alpha value is -2.05. The van der Waals surface area contributed by atoms with Crippen molar-refractivity contribution in [2.45, 2.75) is 26.9 Å². The van der Waals surface area contributed by atoms with E-state index in [0.29, 0.717) is 25.2 Å². The summed E-state index contributed by atoms with van der Waals surface area (Å²) in [5.41, 5.74) is 3.75. The minimum Gasteiger partial charge on any atom is -0.481 e. The van der Waals surface area contributed by atoms with E-state index in [-0.39, 0.29) is 18.3 Å². The highest BCUT2D eigenvalue weighted by molar-refractivity contribution is 5.94. The van der Waals surface area contributed by atoms with E-state index >= 15 is 0 Å². The van der Waals surface area contributed by atoms with Gasteiger partial charge in [0.2, 0.25) is 5.88 Å². The Morgan fingerprint density at radius 1 is 1.33 bits per heavy atom. The van der Waals surface area contributed by atoms with Crippen molar-refractivity contribution in [2.24, 2.45) is 7.05 Å². The Kier molecular flexibility index (Phi) is 7.74. The first-order valence-corrected chi connectivity index (χ1v) is 7.71. The topological polar surface area (TPSA) is 68.2 Å². The summed E-state index contributed by atoms with van der Waals surface area (Å²) in [5.74, 6) is 0.727. The molecule has 2 aromatic rings. The summed E-state index contributed by atoms with van der Waals surface area (Å²) < 4.78 is 7.12. The third kappa shape index (κ3) is 4.72. The Morgan fingerprint density at radius 2 is 2.08 bits per heavy atom. The van der Waals surface area contributed by atoms with Crippen LogP contribution in [-0.4, -0.2) is 29.3 Å². The highest BCUT2D eigenvalue weighted by Crippen LogP contribution is 2.20. The number of rotatable bonds is 7. The largest absolute Gasteiger partial charge is 0.481 e. The number of carbonyl (C=O) groups is 1. The van der Waals surface area contributed by atoms with Gasteiger partial charge < -0.3 is 15.4 Å². The number of nitrogens with one attached hydrogen (secondary N) is 2. The monoisotopic (exact) mass is 352 g/mol. The van der Waals surface area contributed by atoms with Crippen molar-refractivity contribution in [3.8, 4) is 5.88 Å². The van der Waals surface area contributed by atoms with E-state index in [0.717, 1.165) is 22.7 Å². The van der Waals surface area contributed by atoms with Crippen LogP contribution in [0.1, 0.15) is 34.1 Å². The molecular formula is C17H25ClN4O2. The maximum absolute atomic E-state index is 11.9. The van der Waals surface area contributed by atoms with Crippen molar-refractivity contribution in [3.05, 3.63) is 46.6 Å². The van der Waals surface area contributed by atoms with Crippen molar-refractivity contribution in [1.82, 2.24) is 20.4 Å². The number of amides is 1. The second kappa shape index (κ2) is 9.30. The van der Waals surface area contributed by atoms with Crippen molar-refractivity contribution in [1.29, 1.82) is 0 Å². The average molecular weight is 353 g/mol. The first-order chi connectivity index (χ1) is 11.1. The van der Waals surface area contributed by atoms with Crippen LogP contribution in [0.15, 0.2) is 24.3 Å². The van der Waals surface area contributed by atoms with Crippen molar-refractivity contribution in [3.63, 3.8) is 0 Å². The molecule has 0 atom stereocenters. The van der Waals surface area contributed by atoms with Gasteiger partial charge in [0.1, 0.15) is 0 Å². The third-order valence-electron chi connectivity index (χ3n) is 3.64. The maximum Gasteiger partial charge on any atom is 0.251 e. The summed E-state index contributed by atoms with van der Waals surface area (Å²) in [6.07, 6.45) is 0. The fraction of sp³-hybridized carbons (Fsp3) is 0.412. The van der Waals surface area contributed by atoms with Crippen molar-refractivity contribution >= 4 is 18.3 Å². The molecule has 0 aliphatic heterocycles. The highest BCUT2D eigenvalue weighted by Gasteiger charge is 2.13. The lowest BCUT2D eigenvalue weighted by atomic mass is 10.1. The number of hydrogen-bond acceptors (Lipinski definition) is 4. The molecule has 0 aliphatic rings. The van der Waals surface area contributed by atoms with Crippen LogP contribution in [0.3, 0.4) is 0 Å². The Morgan fingerprint density at radius 3 is 2.75 bits per heavy atom. The average Bonchev–Trinajstić information content (AvgIpc) is 2.81. The minimum atomic E-state index is -0.0425. The lowest BCUT2D eigenvalue weighted by molar-refractivity contribution is 0.0955. The quantitative estimate of drug-likeness (QED) is 0.801. The zero-order chi connectivity index (χ0) is 16.8. The summed E-state index contributed by atoms with van der Waals surface area (Å²) in [6, 6.07) is 7.63. The second-order valence-electron chi connectivity index (χ2n) is 5.36. The van der Waals surface area contributed by atoms with Gasteiger partial charge in [0.15, 0.2) is 0 Å². The predicted octanol–water partition coefficient (Wildman–Crippen LogP) is 2.20. The van der Waals surface area contributed by atoms with Crippen LogP contribution < -0.4 is 15.4 Å². The zero-order valence-corrected chi connectivity index (χ0v) is 15.4. The van der Waals surface area contributed by atoms with Gasteiger partial charge in [-0.2, -0.15) is 5.10 Å². The SMILES string of the molecule is CCNC(=O)c1cccc(CNCc2c(C)nn(C)c2OC)c1.Cl. The number of hydrogen-bond donors (Lipinski definition) is 2. The molecule has 1 heterocycles. The third-order valence-corrected chi connectivity index (χ3v) is 3.64. The van der Waals surface area contributed by atoms with Gasteiger partial charge in [-0.15, -0.1) is 12.4 Å². The van der Waals surface area contributed by atoms with E-state index in [1.807, 2.05) is 45.2 Å². The second-order valence-corrected chi connectivity index (χ2v) is 5.36. The summed E-state index contributed by atoms with van der Waals surface area (Å²) >= 11 is 0. The van der Waals surface area contributed by atoms with Gasteiger partial charge in [0.25, 0.3) is 5.91 Å². The van der Waals surface area contributed by atoms with Crippen molar-refractivity contribution < 1.29 is 9.53 Å². The van der Waals surface area contributed by atoms with Gasteiger partial charge in [-0.25, -0.2) is 4.68 Å². The Labute approximate surface area is 149 Å². The summed E-state index contributed by atoms with van der Waals surface area (Å²) in [7, 11) is 3.51. The standard InChI is InChI=1S/C17H24N4O2.ClH/c1-5-19-16(22)14-8-6-7-13(9-14)10-18-11-15-12(2)20-21(3)17(15)23-4;/h6-9,18H,5,10-11H2,1-4H3,(H,19,22);1H. The molecule has 0 unspecified atom stereocenters. The minimum absolute atomic E-state index is 0. The van der Waals surface area contributed by atoms with E-state index < -0.39 is 0 Å². The molecule has 0 aliphatic carbocycles. The molecule has 1 aromatic carbocycles. The first kappa shape index (κ1) is 20.0.